The topological polar surface area (TPSA) is 29.1 Å². The molecule has 0 radical (unpaired) electrons. The van der Waals surface area contributed by atoms with Crippen LogP contribution in [0.3, 0.4) is 0 Å². The van der Waals surface area contributed by atoms with Gasteiger partial charge in [-0.25, -0.2) is 0 Å². The van der Waals surface area contributed by atoms with Crippen molar-refractivity contribution in [3.63, 3.8) is 0 Å². The van der Waals surface area contributed by atoms with Gasteiger partial charge in [0.25, 0.3) is 0 Å². The quantitative estimate of drug-likeness (QED) is 0.580. The molecular formula is C10H17NO. The number of carbonyl (C=O) groups is 1. The van der Waals surface area contributed by atoms with E-state index < -0.39 is 0 Å². The molecule has 0 bridgehead atoms. The average molecular weight is 167 g/mol. The maximum absolute atomic E-state index is 11.3. The molecule has 12 heavy (non-hydrogen) atoms. The molecule has 2 nitrogen and oxygen atoms in total. The first-order chi connectivity index (χ1) is 5.68. The van der Waals surface area contributed by atoms with Crippen LogP contribution in [0, 0.1) is 23.7 Å². The van der Waals surface area contributed by atoms with Crippen LogP contribution in [-0.4, -0.2) is 12.5 Å². The third kappa shape index (κ3) is 1.13. The predicted molar refractivity (Wildman–Crippen MR) is 47.6 cm³/mol. The van der Waals surface area contributed by atoms with Gasteiger partial charge in [0.1, 0.15) is 0 Å². The van der Waals surface area contributed by atoms with E-state index in [0.29, 0.717) is 17.7 Å². The van der Waals surface area contributed by atoms with Crippen molar-refractivity contribution < 1.29 is 4.79 Å². The lowest BCUT2D eigenvalue weighted by Gasteiger charge is -2.32. The highest BCUT2D eigenvalue weighted by Gasteiger charge is 2.40. The van der Waals surface area contributed by atoms with Gasteiger partial charge in [-0.3, -0.25) is 4.79 Å². The molecule has 0 unspecified atom stereocenters. The van der Waals surface area contributed by atoms with E-state index in [1.54, 1.807) is 0 Å². The summed E-state index contributed by atoms with van der Waals surface area (Å²) in [6.07, 6.45) is 2.35. The first-order valence-corrected chi connectivity index (χ1v) is 4.96. The molecule has 0 aromatic rings. The summed E-state index contributed by atoms with van der Waals surface area (Å²) < 4.78 is 0. The smallest absolute Gasteiger partial charge is 0.223 e. The first kappa shape index (κ1) is 8.09. The zero-order valence-corrected chi connectivity index (χ0v) is 7.84. The molecule has 2 rings (SSSR count). The number of hydrogen-bond acceptors (Lipinski definition) is 1. The molecule has 2 aliphatic rings. The minimum absolute atomic E-state index is 0.304. The molecule has 68 valence electrons. The number of nitrogens with one attached hydrogen (secondary N) is 1. The second kappa shape index (κ2) is 2.75. The number of hydrogen-bond donors (Lipinski definition) is 1. The van der Waals surface area contributed by atoms with E-state index in [-0.39, 0.29) is 0 Å². The van der Waals surface area contributed by atoms with E-state index in [4.69, 9.17) is 0 Å². The van der Waals surface area contributed by atoms with Gasteiger partial charge in [-0.1, -0.05) is 13.8 Å². The van der Waals surface area contributed by atoms with Crippen LogP contribution >= 0.6 is 0 Å². The number of carbonyl (C=O) groups excluding carboxylic acids is 1. The minimum Gasteiger partial charge on any atom is -0.356 e. The third-order valence-corrected chi connectivity index (χ3v) is 3.72. The lowest BCUT2D eigenvalue weighted by atomic mass is 9.71. The lowest BCUT2D eigenvalue weighted by Crippen LogP contribution is -2.30. The van der Waals surface area contributed by atoms with Crippen LogP contribution in [-0.2, 0) is 4.79 Å². The summed E-state index contributed by atoms with van der Waals surface area (Å²) in [5.74, 6) is 2.83. The predicted octanol–water partition coefficient (Wildman–Crippen LogP) is 1.41. The van der Waals surface area contributed by atoms with E-state index in [0.717, 1.165) is 24.8 Å². The maximum atomic E-state index is 11.3. The minimum atomic E-state index is 0.304. The second-order valence-electron chi connectivity index (χ2n) is 4.54. The molecule has 1 saturated heterocycles. The molecular weight excluding hydrogens is 150 g/mol. The molecule has 2 heteroatoms. The Kier molecular flexibility index (Phi) is 1.85. The second-order valence-corrected chi connectivity index (χ2v) is 4.54. The summed E-state index contributed by atoms with van der Waals surface area (Å²) in [4.78, 5) is 11.3. The van der Waals surface area contributed by atoms with Crippen molar-refractivity contribution in [2.45, 2.75) is 26.7 Å². The van der Waals surface area contributed by atoms with Crippen LogP contribution < -0.4 is 5.32 Å². The summed E-state index contributed by atoms with van der Waals surface area (Å²) in [5.41, 5.74) is 0. The Hall–Kier alpha value is -0.530. The van der Waals surface area contributed by atoms with Gasteiger partial charge in [0.15, 0.2) is 0 Å². The van der Waals surface area contributed by atoms with E-state index in [2.05, 4.69) is 19.2 Å². The molecule has 1 heterocycles. The van der Waals surface area contributed by atoms with E-state index in [1.165, 1.54) is 6.42 Å². The largest absolute Gasteiger partial charge is 0.356 e. The normalized spacial score (nSPS) is 47.0. The summed E-state index contributed by atoms with van der Waals surface area (Å²) in [7, 11) is 0. The van der Waals surface area contributed by atoms with Gasteiger partial charge in [-0.05, 0) is 30.6 Å². The van der Waals surface area contributed by atoms with Gasteiger partial charge in [-0.2, -0.15) is 0 Å². The van der Waals surface area contributed by atoms with Crippen molar-refractivity contribution in [2.24, 2.45) is 23.7 Å². The Bertz CT molecular complexity index is 202. The van der Waals surface area contributed by atoms with Crippen molar-refractivity contribution in [3.05, 3.63) is 0 Å². The first-order valence-electron chi connectivity index (χ1n) is 4.96. The van der Waals surface area contributed by atoms with Crippen LogP contribution in [0.4, 0.5) is 0 Å². The number of fused-ring (bicyclic) bond motifs is 1. The van der Waals surface area contributed by atoms with Crippen LogP contribution in [0.15, 0.2) is 0 Å². The summed E-state index contributed by atoms with van der Waals surface area (Å²) >= 11 is 0. The Morgan fingerprint density at radius 1 is 1.25 bits per heavy atom. The Morgan fingerprint density at radius 3 is 2.67 bits per heavy atom. The zero-order valence-electron chi connectivity index (χ0n) is 7.84. The average Bonchev–Trinajstić information content (AvgIpc) is 2.35. The van der Waals surface area contributed by atoms with Crippen molar-refractivity contribution in [1.29, 1.82) is 0 Å². The molecule has 1 aliphatic carbocycles. The fraction of sp³-hybridized carbons (Fsp3) is 0.900. The van der Waals surface area contributed by atoms with Gasteiger partial charge < -0.3 is 5.32 Å². The zero-order chi connectivity index (χ0) is 8.72. The van der Waals surface area contributed by atoms with Gasteiger partial charge in [0, 0.05) is 12.5 Å². The standard InChI is InChI=1S/C10H17NO/c1-6-3-8-5-11-10(12)9(8)4-7(6)2/h6-9H,3-5H2,1-2H3,(H,11,12)/t6-,7-,8+,9+/m0/s1. The molecule has 1 saturated carbocycles. The lowest BCUT2D eigenvalue weighted by molar-refractivity contribution is -0.124. The molecule has 1 amide bonds. The fourth-order valence-corrected chi connectivity index (χ4v) is 2.61. The highest BCUT2D eigenvalue weighted by Crippen LogP contribution is 2.39. The maximum Gasteiger partial charge on any atom is 0.223 e. The SMILES string of the molecule is C[C@H]1C[C@@H]2CNC(=O)[C@@H]2C[C@@H]1C. The molecule has 0 aromatic heterocycles. The fourth-order valence-electron chi connectivity index (χ4n) is 2.61. The molecule has 0 aromatic carbocycles. The molecule has 1 N–H and O–H groups in total. The van der Waals surface area contributed by atoms with Crippen LogP contribution in [0.5, 0.6) is 0 Å². The highest BCUT2D eigenvalue weighted by molar-refractivity contribution is 5.81. The molecule has 4 atom stereocenters. The molecule has 2 fully saturated rings. The van der Waals surface area contributed by atoms with Crippen LogP contribution in [0.25, 0.3) is 0 Å². The van der Waals surface area contributed by atoms with Gasteiger partial charge in [-0.15, -0.1) is 0 Å². The van der Waals surface area contributed by atoms with Crippen LogP contribution in [0.1, 0.15) is 26.7 Å². The Morgan fingerprint density at radius 2 is 1.92 bits per heavy atom. The number of amides is 1. The van der Waals surface area contributed by atoms with Crippen molar-refractivity contribution in [3.8, 4) is 0 Å². The van der Waals surface area contributed by atoms with Crippen molar-refractivity contribution in [2.75, 3.05) is 6.54 Å². The Labute approximate surface area is 73.7 Å². The number of rotatable bonds is 0. The Balaban J connectivity index is 2.09. The summed E-state index contributed by atoms with van der Waals surface area (Å²) in [6, 6.07) is 0. The van der Waals surface area contributed by atoms with Gasteiger partial charge in [0.2, 0.25) is 5.91 Å². The monoisotopic (exact) mass is 167 g/mol. The molecule has 0 spiro atoms. The summed E-state index contributed by atoms with van der Waals surface area (Å²) in [6.45, 7) is 5.51. The van der Waals surface area contributed by atoms with Crippen molar-refractivity contribution in [1.82, 2.24) is 5.32 Å². The van der Waals surface area contributed by atoms with Gasteiger partial charge >= 0.3 is 0 Å². The van der Waals surface area contributed by atoms with E-state index in [9.17, 15) is 4.79 Å². The highest BCUT2D eigenvalue weighted by atomic mass is 16.2. The van der Waals surface area contributed by atoms with E-state index >= 15 is 0 Å². The summed E-state index contributed by atoms with van der Waals surface area (Å²) in [5, 5.41) is 2.96. The van der Waals surface area contributed by atoms with E-state index in [1.807, 2.05) is 0 Å². The van der Waals surface area contributed by atoms with Crippen molar-refractivity contribution >= 4 is 5.91 Å². The van der Waals surface area contributed by atoms with Crippen LogP contribution in [0.2, 0.25) is 0 Å². The van der Waals surface area contributed by atoms with Gasteiger partial charge in [0.05, 0.1) is 0 Å². The third-order valence-electron chi connectivity index (χ3n) is 3.72. The molecule has 1 aliphatic heterocycles.